The first-order valence-corrected chi connectivity index (χ1v) is 11.6. The Morgan fingerprint density at radius 1 is 1.11 bits per heavy atom. The molecule has 0 radical (unpaired) electrons. The summed E-state index contributed by atoms with van der Waals surface area (Å²) in [5.41, 5.74) is 4.33. The third kappa shape index (κ3) is 4.84. The van der Waals surface area contributed by atoms with Gasteiger partial charge in [-0.3, -0.25) is 9.59 Å². The molecule has 2 heterocycles. The molecule has 0 fully saturated rings. The fourth-order valence-corrected chi connectivity index (χ4v) is 4.33. The zero-order chi connectivity index (χ0) is 24.4. The van der Waals surface area contributed by atoms with Gasteiger partial charge in [0, 0.05) is 28.9 Å². The third-order valence-corrected chi connectivity index (χ3v) is 6.05. The van der Waals surface area contributed by atoms with Crippen molar-refractivity contribution in [2.45, 2.75) is 26.4 Å². The topological polar surface area (TPSA) is 83.7 Å². The number of carbonyl (C=O) groups is 2. The van der Waals surface area contributed by atoms with Gasteiger partial charge in [0.2, 0.25) is 5.91 Å². The Balaban J connectivity index is 1.27. The summed E-state index contributed by atoms with van der Waals surface area (Å²) >= 11 is 0. The lowest BCUT2D eigenvalue weighted by atomic mass is 10.1. The van der Waals surface area contributed by atoms with Crippen LogP contribution in [-0.4, -0.2) is 36.1 Å². The van der Waals surface area contributed by atoms with E-state index in [1.165, 1.54) is 0 Å². The van der Waals surface area contributed by atoms with E-state index < -0.39 is 6.10 Å². The second-order valence-corrected chi connectivity index (χ2v) is 8.68. The molecule has 1 aromatic heterocycles. The molecule has 1 unspecified atom stereocenters. The van der Waals surface area contributed by atoms with Crippen molar-refractivity contribution in [1.82, 2.24) is 4.98 Å². The van der Waals surface area contributed by atoms with Crippen molar-refractivity contribution in [3.05, 3.63) is 84.1 Å². The van der Waals surface area contributed by atoms with E-state index in [4.69, 9.17) is 9.47 Å². The normalized spacial score (nSPS) is 15.0. The number of carbonyl (C=O) groups excluding carboxylic acids is 2. The van der Waals surface area contributed by atoms with Gasteiger partial charge in [0.15, 0.2) is 6.10 Å². The largest absolute Gasteiger partial charge is 0.492 e. The van der Waals surface area contributed by atoms with Crippen LogP contribution in [-0.2, 0) is 16.0 Å². The fraction of sp³-hybridized carbons (Fsp3) is 0.214. The Bertz CT molecular complexity index is 1390. The van der Waals surface area contributed by atoms with E-state index in [9.17, 15) is 9.59 Å². The number of nitrogens with one attached hydrogen (secondary N) is 2. The summed E-state index contributed by atoms with van der Waals surface area (Å²) in [6.45, 7) is 4.47. The number of nitrogens with zero attached hydrogens (tertiary/aromatic N) is 1. The lowest BCUT2D eigenvalue weighted by molar-refractivity contribution is -0.125. The first kappa shape index (κ1) is 22.5. The molecule has 0 spiro atoms. The Hall–Kier alpha value is -4.26. The number of anilines is 2. The number of amides is 2. The average Bonchev–Trinajstić information content (AvgIpc) is 3.24. The number of fused-ring (bicyclic) bond motifs is 2. The van der Waals surface area contributed by atoms with Gasteiger partial charge in [-0.1, -0.05) is 30.3 Å². The van der Waals surface area contributed by atoms with Crippen LogP contribution in [0.25, 0.3) is 10.9 Å². The Labute approximate surface area is 203 Å². The molecule has 1 aliphatic heterocycles. The van der Waals surface area contributed by atoms with Crippen molar-refractivity contribution in [3.8, 4) is 11.5 Å². The van der Waals surface area contributed by atoms with Crippen LogP contribution in [0.4, 0.5) is 11.4 Å². The second-order valence-electron chi connectivity index (χ2n) is 8.68. The van der Waals surface area contributed by atoms with Crippen molar-refractivity contribution in [2.24, 2.45) is 0 Å². The maximum Gasteiger partial charge on any atom is 0.267 e. The minimum Gasteiger partial charge on any atom is -0.492 e. The van der Waals surface area contributed by atoms with Crippen LogP contribution in [0.2, 0.25) is 0 Å². The summed E-state index contributed by atoms with van der Waals surface area (Å²) in [5, 5.41) is 3.98. The van der Waals surface area contributed by atoms with Crippen molar-refractivity contribution in [3.63, 3.8) is 0 Å². The molecule has 7 nitrogen and oxygen atoms in total. The van der Waals surface area contributed by atoms with Crippen LogP contribution >= 0.6 is 0 Å². The van der Waals surface area contributed by atoms with E-state index >= 15 is 0 Å². The van der Waals surface area contributed by atoms with Gasteiger partial charge < -0.3 is 24.7 Å². The zero-order valence-electron chi connectivity index (χ0n) is 19.7. The lowest BCUT2D eigenvalue weighted by Crippen LogP contribution is -2.46. The number of aryl methyl sites for hydroxylation is 1. The summed E-state index contributed by atoms with van der Waals surface area (Å²) in [5.74, 6) is 1.07. The van der Waals surface area contributed by atoms with E-state index in [0.717, 1.165) is 27.8 Å². The minimum absolute atomic E-state index is 0.124. The van der Waals surface area contributed by atoms with Crippen LogP contribution in [0, 0.1) is 6.92 Å². The maximum absolute atomic E-state index is 12.8. The molecule has 0 aliphatic carbocycles. The van der Waals surface area contributed by atoms with E-state index in [0.29, 0.717) is 30.3 Å². The van der Waals surface area contributed by atoms with E-state index in [-0.39, 0.29) is 18.2 Å². The lowest BCUT2D eigenvalue weighted by Gasteiger charge is -2.33. The van der Waals surface area contributed by atoms with Crippen LogP contribution in [0.3, 0.4) is 0 Å². The molecule has 3 aromatic carbocycles. The van der Waals surface area contributed by atoms with Gasteiger partial charge >= 0.3 is 0 Å². The van der Waals surface area contributed by atoms with Crippen molar-refractivity contribution in [1.29, 1.82) is 0 Å². The number of benzene rings is 3. The first-order chi connectivity index (χ1) is 17.0. The predicted octanol–water partition coefficient (Wildman–Crippen LogP) is 4.85. The highest BCUT2D eigenvalue weighted by Gasteiger charge is 2.31. The Morgan fingerprint density at radius 2 is 1.97 bits per heavy atom. The van der Waals surface area contributed by atoms with Crippen LogP contribution in [0.1, 0.15) is 18.1 Å². The van der Waals surface area contributed by atoms with Crippen LogP contribution in [0.5, 0.6) is 11.5 Å². The Morgan fingerprint density at radius 3 is 2.83 bits per heavy atom. The zero-order valence-corrected chi connectivity index (χ0v) is 19.7. The van der Waals surface area contributed by atoms with Gasteiger partial charge in [-0.25, -0.2) is 0 Å². The molecule has 35 heavy (non-hydrogen) atoms. The highest BCUT2D eigenvalue weighted by Crippen LogP contribution is 2.36. The van der Waals surface area contributed by atoms with E-state index in [1.54, 1.807) is 30.0 Å². The molecular weight excluding hydrogens is 442 g/mol. The van der Waals surface area contributed by atoms with Crippen molar-refractivity contribution >= 4 is 34.1 Å². The number of rotatable bonds is 7. The number of aromatic nitrogens is 1. The number of H-pyrrole nitrogens is 1. The molecular formula is C28H27N3O4. The molecule has 4 aromatic rings. The predicted molar refractivity (Wildman–Crippen MR) is 136 cm³/mol. The summed E-state index contributed by atoms with van der Waals surface area (Å²) in [6.07, 6.45) is 1.49. The highest BCUT2D eigenvalue weighted by atomic mass is 16.5. The van der Waals surface area contributed by atoms with E-state index in [1.807, 2.05) is 61.7 Å². The van der Waals surface area contributed by atoms with Gasteiger partial charge in [0.05, 0.1) is 18.7 Å². The van der Waals surface area contributed by atoms with Gasteiger partial charge in [0.1, 0.15) is 18.1 Å². The number of ether oxygens (including phenoxy) is 2. The van der Waals surface area contributed by atoms with E-state index in [2.05, 4.69) is 10.3 Å². The summed E-state index contributed by atoms with van der Waals surface area (Å²) in [4.78, 5) is 30.4. The van der Waals surface area contributed by atoms with Gasteiger partial charge in [-0.05, 0) is 55.3 Å². The molecule has 0 saturated carbocycles. The van der Waals surface area contributed by atoms with Gasteiger partial charge in [0.25, 0.3) is 5.91 Å². The van der Waals surface area contributed by atoms with Crippen molar-refractivity contribution in [2.75, 3.05) is 23.4 Å². The molecule has 2 N–H and O–H groups in total. The molecule has 2 amide bonds. The second kappa shape index (κ2) is 9.54. The minimum atomic E-state index is -0.626. The number of para-hydroxylation sites is 1. The number of hydrogen-bond donors (Lipinski definition) is 2. The average molecular weight is 470 g/mol. The maximum atomic E-state index is 12.8. The van der Waals surface area contributed by atoms with Gasteiger partial charge in [-0.15, -0.1) is 0 Å². The molecule has 1 atom stereocenters. The third-order valence-electron chi connectivity index (χ3n) is 6.05. The number of aromatic amines is 1. The quantitative estimate of drug-likeness (QED) is 0.405. The first-order valence-electron chi connectivity index (χ1n) is 11.6. The molecule has 0 bridgehead atoms. The summed E-state index contributed by atoms with van der Waals surface area (Å²) < 4.78 is 11.7. The van der Waals surface area contributed by atoms with Gasteiger partial charge in [-0.2, -0.15) is 0 Å². The molecule has 1 aliphatic rings. The highest BCUT2D eigenvalue weighted by molar-refractivity contribution is 6.01. The number of hydrogen-bond acceptors (Lipinski definition) is 4. The van der Waals surface area contributed by atoms with Crippen LogP contribution in [0.15, 0.2) is 72.9 Å². The SMILES string of the molecule is Cc1cccc(OCCN2C(=O)C(C)Oc3cc(NC(=O)Cc4c[nH]c5ccccc45)ccc32)c1. The smallest absolute Gasteiger partial charge is 0.267 e. The molecule has 5 rings (SSSR count). The fourth-order valence-electron chi connectivity index (χ4n) is 4.33. The van der Waals surface area contributed by atoms with Crippen LogP contribution < -0.4 is 19.7 Å². The molecule has 7 heteroatoms. The standard InChI is InChI=1S/C28H27N3O4/c1-18-6-5-7-22(14-18)34-13-12-31-25-11-10-21(16-26(25)35-19(2)28(31)33)30-27(32)15-20-17-29-24-9-4-3-8-23(20)24/h3-11,14,16-17,19,29H,12-13,15H2,1-2H3,(H,30,32). The molecule has 178 valence electrons. The summed E-state index contributed by atoms with van der Waals surface area (Å²) in [7, 11) is 0. The Kier molecular flexibility index (Phi) is 6.14. The van der Waals surface area contributed by atoms with Crippen molar-refractivity contribution < 1.29 is 19.1 Å². The monoisotopic (exact) mass is 469 g/mol. The summed E-state index contributed by atoms with van der Waals surface area (Å²) in [6, 6.07) is 21.1. The molecule has 0 saturated heterocycles.